The number of hydrogen-bond acceptors (Lipinski definition) is 4. The third-order valence-electron chi connectivity index (χ3n) is 3.77. The van der Waals surface area contributed by atoms with Gasteiger partial charge in [0, 0.05) is 6.54 Å². The molecule has 0 aromatic carbocycles. The summed E-state index contributed by atoms with van der Waals surface area (Å²) in [5, 5.41) is 15.9. The van der Waals surface area contributed by atoms with E-state index in [9.17, 15) is 18.3 Å². The molecule has 1 aromatic rings. The minimum Gasteiger partial charge on any atom is -0.480 e. The van der Waals surface area contributed by atoms with E-state index in [4.69, 9.17) is 0 Å². The Balaban J connectivity index is 2.50. The number of aromatic amines is 1. The highest BCUT2D eigenvalue weighted by atomic mass is 32.2. The fourth-order valence-corrected chi connectivity index (χ4v) is 4.88. The number of carboxylic acids is 1. The van der Waals surface area contributed by atoms with Crippen molar-refractivity contribution >= 4 is 16.0 Å². The van der Waals surface area contributed by atoms with E-state index in [1.807, 2.05) is 0 Å². The molecule has 0 aliphatic carbocycles. The number of carbonyl (C=O) groups is 1. The Bertz CT molecular complexity index is 603. The SMILES string of the molecule is Cc1n[nH]c(C)c1S(=O)(=O)N1CCCC(C)C1C(=O)O. The molecule has 0 amide bonds. The van der Waals surface area contributed by atoms with Gasteiger partial charge >= 0.3 is 5.97 Å². The lowest BCUT2D eigenvalue weighted by Crippen LogP contribution is -2.51. The average Bonchev–Trinajstić information content (AvgIpc) is 2.68. The first-order valence-electron chi connectivity index (χ1n) is 6.53. The van der Waals surface area contributed by atoms with Gasteiger partial charge in [-0.1, -0.05) is 6.92 Å². The van der Waals surface area contributed by atoms with E-state index in [0.717, 1.165) is 4.31 Å². The quantitative estimate of drug-likeness (QED) is 0.863. The monoisotopic (exact) mass is 301 g/mol. The first kappa shape index (κ1) is 15.0. The first-order chi connectivity index (χ1) is 9.26. The van der Waals surface area contributed by atoms with Gasteiger partial charge in [-0.15, -0.1) is 0 Å². The number of piperidine rings is 1. The van der Waals surface area contributed by atoms with E-state index < -0.39 is 22.0 Å². The van der Waals surface area contributed by atoms with Gasteiger partial charge in [0.2, 0.25) is 10.0 Å². The largest absolute Gasteiger partial charge is 0.480 e. The number of H-pyrrole nitrogens is 1. The van der Waals surface area contributed by atoms with Crippen molar-refractivity contribution < 1.29 is 18.3 Å². The third kappa shape index (κ3) is 2.33. The molecular formula is C12H19N3O4S. The molecule has 2 heterocycles. The summed E-state index contributed by atoms with van der Waals surface area (Å²) in [6.07, 6.45) is 1.38. The summed E-state index contributed by atoms with van der Waals surface area (Å²) in [4.78, 5) is 11.5. The molecule has 0 saturated carbocycles. The number of rotatable bonds is 3. The number of sulfonamides is 1. The smallest absolute Gasteiger partial charge is 0.322 e. The Hall–Kier alpha value is -1.41. The fraction of sp³-hybridized carbons (Fsp3) is 0.667. The van der Waals surface area contributed by atoms with Gasteiger partial charge in [0.1, 0.15) is 10.9 Å². The molecule has 2 unspecified atom stereocenters. The lowest BCUT2D eigenvalue weighted by atomic mass is 9.93. The van der Waals surface area contributed by atoms with Gasteiger partial charge in [0.05, 0.1) is 11.4 Å². The minimum absolute atomic E-state index is 0.0952. The number of nitrogens with one attached hydrogen (secondary N) is 1. The molecule has 1 saturated heterocycles. The lowest BCUT2D eigenvalue weighted by Gasteiger charge is -2.36. The highest BCUT2D eigenvalue weighted by Crippen LogP contribution is 2.31. The number of aromatic nitrogens is 2. The Morgan fingerprint density at radius 2 is 2.10 bits per heavy atom. The molecule has 2 atom stereocenters. The van der Waals surface area contributed by atoms with Crippen LogP contribution >= 0.6 is 0 Å². The number of aryl methyl sites for hydroxylation is 2. The van der Waals surface area contributed by atoms with E-state index in [0.29, 0.717) is 24.2 Å². The van der Waals surface area contributed by atoms with E-state index in [1.54, 1.807) is 20.8 Å². The maximum absolute atomic E-state index is 12.8. The summed E-state index contributed by atoms with van der Waals surface area (Å²) < 4.78 is 26.6. The van der Waals surface area contributed by atoms with E-state index >= 15 is 0 Å². The topological polar surface area (TPSA) is 103 Å². The molecule has 2 rings (SSSR count). The third-order valence-corrected chi connectivity index (χ3v) is 5.91. The van der Waals surface area contributed by atoms with Crippen LogP contribution in [0.15, 0.2) is 4.90 Å². The van der Waals surface area contributed by atoms with Crippen molar-refractivity contribution in [3.05, 3.63) is 11.4 Å². The second-order valence-electron chi connectivity index (χ2n) is 5.28. The van der Waals surface area contributed by atoms with Gasteiger partial charge in [-0.25, -0.2) is 8.42 Å². The summed E-state index contributed by atoms with van der Waals surface area (Å²) in [5.74, 6) is -1.30. The Kier molecular flexibility index (Phi) is 3.88. The maximum atomic E-state index is 12.8. The van der Waals surface area contributed by atoms with Crippen LogP contribution in [0.3, 0.4) is 0 Å². The number of carboxylic acid groups (broad SMARTS) is 1. The molecule has 112 valence electrons. The van der Waals surface area contributed by atoms with E-state index in [-0.39, 0.29) is 17.4 Å². The van der Waals surface area contributed by atoms with Crippen molar-refractivity contribution in [2.75, 3.05) is 6.54 Å². The number of hydrogen-bond donors (Lipinski definition) is 2. The van der Waals surface area contributed by atoms with E-state index in [2.05, 4.69) is 10.2 Å². The molecule has 1 aliphatic rings. The Morgan fingerprint density at radius 1 is 1.45 bits per heavy atom. The molecule has 0 bridgehead atoms. The summed E-state index contributed by atoms with van der Waals surface area (Å²) >= 11 is 0. The number of nitrogens with zero attached hydrogens (tertiary/aromatic N) is 2. The molecule has 1 aromatic heterocycles. The van der Waals surface area contributed by atoms with Crippen LogP contribution in [0.5, 0.6) is 0 Å². The van der Waals surface area contributed by atoms with Crippen LogP contribution in [0, 0.1) is 19.8 Å². The summed E-state index contributed by atoms with van der Waals surface area (Å²) in [6.45, 7) is 5.22. The van der Waals surface area contributed by atoms with Gasteiger partial charge < -0.3 is 5.11 Å². The Morgan fingerprint density at radius 3 is 2.60 bits per heavy atom. The molecule has 20 heavy (non-hydrogen) atoms. The van der Waals surface area contributed by atoms with Crippen molar-refractivity contribution in [3.8, 4) is 0 Å². The van der Waals surface area contributed by atoms with Gasteiger partial charge in [-0.2, -0.15) is 9.40 Å². The molecule has 7 nitrogen and oxygen atoms in total. The summed E-state index contributed by atoms with van der Waals surface area (Å²) in [7, 11) is -3.85. The summed E-state index contributed by atoms with van der Waals surface area (Å²) in [5.41, 5.74) is 0.801. The molecule has 1 aliphatic heterocycles. The molecule has 8 heteroatoms. The van der Waals surface area contributed by atoms with Crippen LogP contribution in [0.4, 0.5) is 0 Å². The first-order valence-corrected chi connectivity index (χ1v) is 7.97. The predicted molar refractivity (Wildman–Crippen MR) is 71.8 cm³/mol. The van der Waals surface area contributed by atoms with Crippen molar-refractivity contribution in [2.24, 2.45) is 5.92 Å². The zero-order valence-electron chi connectivity index (χ0n) is 11.8. The van der Waals surface area contributed by atoms with Crippen LogP contribution in [-0.4, -0.2) is 46.6 Å². The van der Waals surface area contributed by atoms with Crippen LogP contribution in [0.1, 0.15) is 31.2 Å². The van der Waals surface area contributed by atoms with Gasteiger partial charge in [-0.05, 0) is 32.6 Å². The van der Waals surface area contributed by atoms with Crippen molar-refractivity contribution in [1.29, 1.82) is 0 Å². The molecule has 0 spiro atoms. The average molecular weight is 301 g/mol. The molecule has 1 fully saturated rings. The van der Waals surface area contributed by atoms with Crippen LogP contribution < -0.4 is 0 Å². The normalized spacial score (nSPS) is 24.8. The standard InChI is InChI=1S/C12H19N3O4S/c1-7-5-4-6-15(10(7)12(16)17)20(18,19)11-8(2)13-14-9(11)3/h7,10H,4-6H2,1-3H3,(H,13,14)(H,16,17). The minimum atomic E-state index is -3.85. The number of aliphatic carboxylic acids is 1. The van der Waals surface area contributed by atoms with Crippen molar-refractivity contribution in [3.63, 3.8) is 0 Å². The molecular weight excluding hydrogens is 282 g/mol. The van der Waals surface area contributed by atoms with Crippen LogP contribution in [0.25, 0.3) is 0 Å². The second-order valence-corrected chi connectivity index (χ2v) is 7.11. The molecule has 2 N–H and O–H groups in total. The van der Waals surface area contributed by atoms with Crippen molar-refractivity contribution in [1.82, 2.24) is 14.5 Å². The van der Waals surface area contributed by atoms with Crippen molar-refractivity contribution in [2.45, 2.75) is 44.6 Å². The zero-order chi connectivity index (χ0) is 15.1. The predicted octanol–water partition coefficient (Wildman–Crippen LogP) is 0.900. The van der Waals surface area contributed by atoms with Gasteiger partial charge in [0.25, 0.3) is 0 Å². The van der Waals surface area contributed by atoms with Gasteiger partial charge in [0.15, 0.2) is 0 Å². The van der Waals surface area contributed by atoms with Gasteiger partial charge in [-0.3, -0.25) is 9.89 Å². The second kappa shape index (κ2) is 5.17. The zero-order valence-corrected chi connectivity index (χ0v) is 12.6. The lowest BCUT2D eigenvalue weighted by molar-refractivity contribution is -0.144. The van der Waals surface area contributed by atoms with E-state index in [1.165, 1.54) is 0 Å². The van der Waals surface area contributed by atoms with Crippen LogP contribution in [0.2, 0.25) is 0 Å². The Labute approximate surface area is 118 Å². The summed E-state index contributed by atoms with van der Waals surface area (Å²) in [6, 6.07) is -1.01. The highest BCUT2D eigenvalue weighted by molar-refractivity contribution is 7.89. The molecule has 0 radical (unpaired) electrons. The highest BCUT2D eigenvalue weighted by Gasteiger charge is 2.43. The van der Waals surface area contributed by atoms with Crippen LogP contribution in [-0.2, 0) is 14.8 Å². The fourth-order valence-electron chi connectivity index (χ4n) is 2.82. The maximum Gasteiger partial charge on any atom is 0.322 e.